The molecule has 0 saturated heterocycles. The molecule has 226 valence electrons. The average Bonchev–Trinajstić information content (AvgIpc) is 3.94. The Morgan fingerprint density at radius 3 is 1.73 bits per heavy atom. The zero-order valence-electron chi connectivity index (χ0n) is 25.0. The molecule has 0 amide bonds. The van der Waals surface area contributed by atoms with Crippen LogP contribution in [0.4, 0.5) is 17.1 Å². The monoisotopic (exact) mass is 623 g/mol. The highest BCUT2D eigenvalue weighted by molar-refractivity contribution is 6.11. The Bertz CT molecular complexity index is 2820. The van der Waals surface area contributed by atoms with Crippen LogP contribution in [0.2, 0.25) is 0 Å². The van der Waals surface area contributed by atoms with E-state index < -0.39 is 0 Å². The summed E-state index contributed by atoms with van der Waals surface area (Å²) in [6.45, 7) is 0. The normalized spacial score (nSPS) is 11.8. The van der Waals surface area contributed by atoms with E-state index in [-0.39, 0.29) is 0 Å². The molecule has 10 rings (SSSR count). The van der Waals surface area contributed by atoms with E-state index in [0.29, 0.717) is 50.2 Å². The van der Waals surface area contributed by atoms with Crippen molar-refractivity contribution >= 4 is 71.7 Å². The number of hydrogen-bond donors (Lipinski definition) is 0. The first kappa shape index (κ1) is 26.3. The largest absolute Gasteiger partial charge is 0.303 e. The van der Waals surface area contributed by atoms with E-state index >= 15 is 0 Å². The van der Waals surface area contributed by atoms with Gasteiger partial charge in [-0.1, -0.05) is 84.9 Å². The molecule has 0 unspecified atom stereocenters. The Labute approximate surface area is 270 Å². The van der Waals surface area contributed by atoms with E-state index in [1.807, 2.05) is 77.7 Å². The zero-order chi connectivity index (χ0) is 31.6. The molecule has 10 heteroatoms. The molecule has 48 heavy (non-hydrogen) atoms. The van der Waals surface area contributed by atoms with Crippen molar-refractivity contribution in [2.24, 2.45) is 0 Å². The SMILES string of the molecule is c1ccc(-c2ccc(N(c3cccc4nonc34)c3ccc(-c4ccc5ccc6ccccc6c5c4)c4nonc34)c3nonc23)cc1. The number of hydrogen-bond acceptors (Lipinski definition) is 10. The molecule has 0 aliphatic heterocycles. The Morgan fingerprint density at radius 1 is 0.375 bits per heavy atom. The van der Waals surface area contributed by atoms with Crippen LogP contribution in [0.25, 0.3) is 76.9 Å². The van der Waals surface area contributed by atoms with Crippen molar-refractivity contribution in [1.29, 1.82) is 0 Å². The number of fused-ring (bicyclic) bond motifs is 6. The summed E-state index contributed by atoms with van der Waals surface area (Å²) in [5.41, 5.74) is 9.33. The van der Waals surface area contributed by atoms with Crippen LogP contribution < -0.4 is 4.90 Å². The van der Waals surface area contributed by atoms with Gasteiger partial charge in [-0.2, -0.15) is 0 Å². The van der Waals surface area contributed by atoms with Crippen molar-refractivity contribution in [3.8, 4) is 22.3 Å². The first-order valence-electron chi connectivity index (χ1n) is 15.3. The maximum Gasteiger partial charge on any atom is 0.159 e. The summed E-state index contributed by atoms with van der Waals surface area (Å²) in [5, 5.41) is 30.6. The third-order valence-electron chi connectivity index (χ3n) is 8.92. The van der Waals surface area contributed by atoms with Crippen molar-refractivity contribution in [3.05, 3.63) is 127 Å². The van der Waals surface area contributed by atoms with Crippen molar-refractivity contribution in [2.45, 2.75) is 0 Å². The van der Waals surface area contributed by atoms with Crippen LogP contribution in [0, 0.1) is 0 Å². The van der Waals surface area contributed by atoms with Crippen molar-refractivity contribution in [2.75, 3.05) is 4.90 Å². The van der Waals surface area contributed by atoms with E-state index in [9.17, 15) is 0 Å². The minimum absolute atomic E-state index is 0.552. The van der Waals surface area contributed by atoms with Gasteiger partial charge in [-0.15, -0.1) is 0 Å². The van der Waals surface area contributed by atoms with E-state index in [1.54, 1.807) is 0 Å². The average molecular weight is 624 g/mol. The molecule has 3 aromatic heterocycles. The van der Waals surface area contributed by atoms with Crippen molar-refractivity contribution in [1.82, 2.24) is 30.9 Å². The molecule has 0 N–H and O–H groups in total. The molecule has 3 heterocycles. The summed E-state index contributed by atoms with van der Waals surface area (Å²) in [6, 6.07) is 42.9. The lowest BCUT2D eigenvalue weighted by Crippen LogP contribution is -2.12. The van der Waals surface area contributed by atoms with Gasteiger partial charge in [0.15, 0.2) is 16.6 Å². The van der Waals surface area contributed by atoms with Gasteiger partial charge in [-0.05, 0) is 106 Å². The number of rotatable bonds is 5. The molecule has 0 fully saturated rings. The van der Waals surface area contributed by atoms with Crippen LogP contribution in [0.3, 0.4) is 0 Å². The molecule has 10 nitrogen and oxygen atoms in total. The molecule has 0 aliphatic rings. The molecule has 7 aromatic carbocycles. The predicted molar refractivity (Wildman–Crippen MR) is 183 cm³/mol. The van der Waals surface area contributed by atoms with Gasteiger partial charge < -0.3 is 4.90 Å². The number of benzene rings is 7. The fourth-order valence-corrected chi connectivity index (χ4v) is 6.68. The minimum Gasteiger partial charge on any atom is -0.303 e. The summed E-state index contributed by atoms with van der Waals surface area (Å²) < 4.78 is 16.0. The minimum atomic E-state index is 0.552. The first-order chi connectivity index (χ1) is 23.8. The van der Waals surface area contributed by atoms with E-state index in [2.05, 4.69) is 85.5 Å². The standard InChI is InChI=1S/C38H21N7O3/c1-2-7-22(8-3-1)27-17-19-32(37-34(27)40-47-43-37)45(31-12-6-11-30-36(31)42-46-39-30)33-20-18-28(35-38(33)44-48-41-35)25-16-15-24-14-13-23-9-4-5-10-26(23)29(24)21-25/h1-21H. The van der Waals surface area contributed by atoms with Gasteiger partial charge in [-0.3, -0.25) is 0 Å². The van der Waals surface area contributed by atoms with Crippen LogP contribution in [0.15, 0.2) is 141 Å². The quantitative estimate of drug-likeness (QED) is 0.171. The highest BCUT2D eigenvalue weighted by atomic mass is 16.6. The molecule has 10 aromatic rings. The summed E-state index contributed by atoms with van der Waals surface area (Å²) in [7, 11) is 0. The predicted octanol–water partition coefficient (Wildman–Crippen LogP) is 9.41. The Balaban J connectivity index is 1.21. The molecular formula is C38H21N7O3. The van der Waals surface area contributed by atoms with Crippen LogP contribution in [0.5, 0.6) is 0 Å². The molecule has 0 saturated carbocycles. The lowest BCUT2D eigenvalue weighted by Gasteiger charge is -2.25. The smallest absolute Gasteiger partial charge is 0.159 e. The Morgan fingerprint density at radius 2 is 0.958 bits per heavy atom. The molecule has 0 atom stereocenters. The highest BCUT2D eigenvalue weighted by Gasteiger charge is 2.27. The van der Waals surface area contributed by atoms with Crippen molar-refractivity contribution in [3.63, 3.8) is 0 Å². The van der Waals surface area contributed by atoms with Gasteiger partial charge in [0.2, 0.25) is 0 Å². The lowest BCUT2D eigenvalue weighted by atomic mass is 9.96. The van der Waals surface area contributed by atoms with Crippen LogP contribution in [-0.4, -0.2) is 30.9 Å². The number of nitrogens with zero attached hydrogens (tertiary/aromatic N) is 7. The highest BCUT2D eigenvalue weighted by Crippen LogP contribution is 2.46. The summed E-state index contributed by atoms with van der Waals surface area (Å²) >= 11 is 0. The Kier molecular flexibility index (Phi) is 5.64. The van der Waals surface area contributed by atoms with Gasteiger partial charge in [0, 0.05) is 11.1 Å². The van der Waals surface area contributed by atoms with Gasteiger partial charge >= 0.3 is 0 Å². The van der Waals surface area contributed by atoms with Crippen LogP contribution in [-0.2, 0) is 0 Å². The summed E-state index contributed by atoms with van der Waals surface area (Å²) in [6.07, 6.45) is 0. The number of anilines is 3. The van der Waals surface area contributed by atoms with Gasteiger partial charge in [0.25, 0.3) is 0 Å². The molecule has 0 bridgehead atoms. The topological polar surface area (TPSA) is 120 Å². The third-order valence-corrected chi connectivity index (χ3v) is 8.92. The lowest BCUT2D eigenvalue weighted by molar-refractivity contribution is 0.315. The van der Waals surface area contributed by atoms with Gasteiger partial charge in [0.1, 0.15) is 16.6 Å². The van der Waals surface area contributed by atoms with E-state index in [1.165, 1.54) is 10.8 Å². The fraction of sp³-hybridized carbons (Fsp3) is 0. The molecule has 0 radical (unpaired) electrons. The number of aromatic nitrogens is 6. The Hall–Kier alpha value is -6.94. The maximum atomic E-state index is 5.45. The molecule has 0 spiro atoms. The maximum absolute atomic E-state index is 5.45. The van der Waals surface area contributed by atoms with E-state index in [0.717, 1.165) is 33.0 Å². The van der Waals surface area contributed by atoms with E-state index in [4.69, 9.17) is 13.9 Å². The van der Waals surface area contributed by atoms with Crippen LogP contribution >= 0.6 is 0 Å². The second-order valence-corrected chi connectivity index (χ2v) is 11.5. The second kappa shape index (κ2) is 10.3. The first-order valence-corrected chi connectivity index (χ1v) is 15.3. The summed E-state index contributed by atoms with van der Waals surface area (Å²) in [4.78, 5) is 2.00. The molecular weight excluding hydrogens is 602 g/mol. The molecule has 0 aliphatic carbocycles. The van der Waals surface area contributed by atoms with Gasteiger partial charge in [0.05, 0.1) is 17.1 Å². The fourth-order valence-electron chi connectivity index (χ4n) is 6.68. The summed E-state index contributed by atoms with van der Waals surface area (Å²) in [5.74, 6) is 0. The van der Waals surface area contributed by atoms with Crippen LogP contribution in [0.1, 0.15) is 0 Å². The van der Waals surface area contributed by atoms with Crippen molar-refractivity contribution < 1.29 is 13.9 Å². The zero-order valence-corrected chi connectivity index (χ0v) is 25.0. The second-order valence-electron chi connectivity index (χ2n) is 11.5. The van der Waals surface area contributed by atoms with Gasteiger partial charge in [-0.25, -0.2) is 13.9 Å². The third kappa shape index (κ3) is 3.93.